The number of rotatable bonds is 0. The van der Waals surface area contributed by atoms with E-state index in [1.807, 2.05) is 0 Å². The summed E-state index contributed by atoms with van der Waals surface area (Å²) in [6, 6.07) is 0. The fraction of sp³-hybridized carbons (Fsp3) is 0.333. The smallest absolute Gasteiger partial charge is 0.346 e. The lowest BCUT2D eigenvalue weighted by atomic mass is 10.4. The Morgan fingerprint density at radius 2 is 2.18 bits per heavy atom. The van der Waals surface area contributed by atoms with Gasteiger partial charge in [0.1, 0.15) is 5.82 Å². The van der Waals surface area contributed by atoms with Crippen LogP contribution in [0.2, 0.25) is 0 Å². The van der Waals surface area contributed by atoms with Gasteiger partial charge in [0.05, 0.1) is 7.18 Å². The summed E-state index contributed by atoms with van der Waals surface area (Å²) in [6.45, 7) is 1.78. The van der Waals surface area contributed by atoms with Gasteiger partial charge in [-0.2, -0.15) is 0 Å². The quantitative estimate of drug-likeness (QED) is 0.569. The molecule has 0 amide bonds. The van der Waals surface area contributed by atoms with Gasteiger partial charge in [-0.15, -0.1) is 0 Å². The standard InChI is InChI=1S/C5H7N3O.CH3F/c1-3-2-7-5(9)8-4(3)6;1-2/h2H,1H3,(H3,6,7,8,9);1H3. The van der Waals surface area contributed by atoms with E-state index in [1.54, 1.807) is 6.92 Å². The molecule has 0 spiro atoms. The molecule has 4 nitrogen and oxygen atoms in total. The third-order valence-electron chi connectivity index (χ3n) is 1.04. The summed E-state index contributed by atoms with van der Waals surface area (Å²) in [5, 5.41) is 0. The Balaban J connectivity index is 0.000000461. The number of aromatic nitrogens is 2. The number of halogens is 1. The van der Waals surface area contributed by atoms with Crippen LogP contribution in [-0.2, 0) is 0 Å². The first kappa shape index (κ1) is 9.61. The number of nitrogens with two attached hydrogens (primary N) is 1. The van der Waals surface area contributed by atoms with Crippen LogP contribution in [0.25, 0.3) is 0 Å². The number of nitrogens with one attached hydrogen (secondary N) is 1. The van der Waals surface area contributed by atoms with Gasteiger partial charge >= 0.3 is 5.69 Å². The molecular weight excluding hydrogens is 149 g/mol. The van der Waals surface area contributed by atoms with E-state index in [0.29, 0.717) is 13.0 Å². The zero-order valence-corrected chi connectivity index (χ0v) is 6.39. The van der Waals surface area contributed by atoms with Gasteiger partial charge in [0.25, 0.3) is 0 Å². The molecule has 5 heteroatoms. The lowest BCUT2D eigenvalue weighted by Gasteiger charge is -1.93. The minimum absolute atomic E-state index is 0.384. The Labute approximate surface area is 63.3 Å². The lowest BCUT2D eigenvalue weighted by molar-refractivity contribution is 0.636. The van der Waals surface area contributed by atoms with Crippen LogP contribution in [0.4, 0.5) is 10.2 Å². The van der Waals surface area contributed by atoms with E-state index in [1.165, 1.54) is 6.20 Å². The maximum absolute atomic E-state index is 10.4. The minimum Gasteiger partial charge on any atom is -0.385 e. The highest BCUT2D eigenvalue weighted by molar-refractivity contribution is 5.34. The van der Waals surface area contributed by atoms with Crippen LogP contribution >= 0.6 is 0 Å². The Hall–Kier alpha value is -1.39. The Bertz CT molecular complexity index is 271. The van der Waals surface area contributed by atoms with Gasteiger partial charge in [-0.05, 0) is 6.92 Å². The normalized spacial score (nSPS) is 8.27. The van der Waals surface area contributed by atoms with Crippen LogP contribution in [0, 0.1) is 6.92 Å². The highest BCUT2D eigenvalue weighted by atomic mass is 19.1. The molecule has 62 valence electrons. The molecule has 0 bridgehead atoms. The molecule has 1 rings (SSSR count). The molecule has 1 aromatic rings. The molecule has 0 saturated carbocycles. The Morgan fingerprint density at radius 1 is 1.64 bits per heavy atom. The molecule has 0 aromatic carbocycles. The number of hydrogen-bond acceptors (Lipinski definition) is 3. The number of hydrogen-bond donors (Lipinski definition) is 2. The number of H-pyrrole nitrogens is 1. The summed E-state index contributed by atoms with van der Waals surface area (Å²) in [7, 11) is 0.500. The molecule has 1 aromatic heterocycles. The van der Waals surface area contributed by atoms with E-state index >= 15 is 0 Å². The van der Waals surface area contributed by atoms with Gasteiger partial charge < -0.3 is 5.73 Å². The van der Waals surface area contributed by atoms with E-state index in [4.69, 9.17) is 5.73 Å². The second kappa shape index (κ2) is 4.43. The van der Waals surface area contributed by atoms with Crippen LogP contribution < -0.4 is 11.4 Å². The average Bonchev–Trinajstić information content (AvgIpc) is 2.02. The monoisotopic (exact) mass is 159 g/mol. The fourth-order valence-corrected chi connectivity index (χ4v) is 0.471. The molecule has 0 aliphatic heterocycles. The van der Waals surface area contributed by atoms with Crippen molar-refractivity contribution in [3.05, 3.63) is 22.2 Å². The number of aryl methyl sites for hydroxylation is 1. The predicted octanol–water partition coefficient (Wildman–Crippen LogP) is 0.246. The highest BCUT2D eigenvalue weighted by Crippen LogP contribution is 1.97. The van der Waals surface area contributed by atoms with E-state index < -0.39 is 5.69 Å². The molecule has 0 unspecified atom stereocenters. The number of nitrogens with zero attached hydrogens (tertiary/aromatic N) is 1. The molecule has 11 heavy (non-hydrogen) atoms. The van der Waals surface area contributed by atoms with Gasteiger partial charge in [-0.1, -0.05) is 0 Å². The van der Waals surface area contributed by atoms with Crippen LogP contribution in [0.15, 0.2) is 11.0 Å². The van der Waals surface area contributed by atoms with E-state index in [9.17, 15) is 9.18 Å². The second-order valence-corrected chi connectivity index (χ2v) is 1.79. The Morgan fingerprint density at radius 3 is 2.55 bits per heavy atom. The predicted molar refractivity (Wildman–Crippen MR) is 41.0 cm³/mol. The largest absolute Gasteiger partial charge is 0.385 e. The number of nitrogen functional groups attached to an aromatic ring is 1. The Kier molecular flexibility index (Phi) is 3.87. The van der Waals surface area contributed by atoms with Crippen molar-refractivity contribution in [2.45, 2.75) is 6.92 Å². The van der Waals surface area contributed by atoms with Crippen molar-refractivity contribution in [2.24, 2.45) is 0 Å². The topological polar surface area (TPSA) is 71.8 Å². The number of anilines is 1. The van der Waals surface area contributed by atoms with Crippen molar-refractivity contribution < 1.29 is 4.39 Å². The van der Waals surface area contributed by atoms with E-state index in [2.05, 4.69) is 9.97 Å². The number of alkyl halides is 1. The molecule has 0 saturated heterocycles. The summed E-state index contributed by atoms with van der Waals surface area (Å²) in [6.07, 6.45) is 1.44. The second-order valence-electron chi connectivity index (χ2n) is 1.79. The van der Waals surface area contributed by atoms with Crippen molar-refractivity contribution in [1.29, 1.82) is 0 Å². The third kappa shape index (κ3) is 2.79. The van der Waals surface area contributed by atoms with Crippen LogP contribution in [0.5, 0.6) is 0 Å². The molecule has 0 aliphatic rings. The first-order valence-corrected chi connectivity index (χ1v) is 2.89. The fourth-order valence-electron chi connectivity index (χ4n) is 0.471. The maximum Gasteiger partial charge on any atom is 0.346 e. The first-order valence-electron chi connectivity index (χ1n) is 2.89. The highest BCUT2D eigenvalue weighted by Gasteiger charge is 1.90. The van der Waals surface area contributed by atoms with Crippen LogP contribution in [0.1, 0.15) is 5.56 Å². The minimum atomic E-state index is -0.405. The summed E-state index contributed by atoms with van der Waals surface area (Å²) in [5.74, 6) is 0.384. The summed E-state index contributed by atoms with van der Waals surface area (Å²) >= 11 is 0. The molecule has 0 atom stereocenters. The lowest BCUT2D eigenvalue weighted by Crippen LogP contribution is -2.12. The molecule has 0 aliphatic carbocycles. The zero-order valence-electron chi connectivity index (χ0n) is 6.39. The SMILES string of the molecule is CF.Cc1cnc(=O)[nH]c1N. The van der Waals surface area contributed by atoms with Crippen molar-refractivity contribution in [3.8, 4) is 0 Å². The van der Waals surface area contributed by atoms with Crippen molar-refractivity contribution in [2.75, 3.05) is 12.9 Å². The van der Waals surface area contributed by atoms with Gasteiger partial charge in [-0.25, -0.2) is 9.78 Å². The van der Waals surface area contributed by atoms with E-state index in [-0.39, 0.29) is 0 Å². The van der Waals surface area contributed by atoms with Gasteiger partial charge in [0, 0.05) is 11.8 Å². The maximum atomic E-state index is 10.4. The van der Waals surface area contributed by atoms with Crippen LogP contribution in [-0.4, -0.2) is 17.1 Å². The molecular formula is C6H10FN3O. The molecule has 0 radical (unpaired) electrons. The van der Waals surface area contributed by atoms with Gasteiger partial charge in [0.2, 0.25) is 0 Å². The average molecular weight is 159 g/mol. The summed E-state index contributed by atoms with van der Waals surface area (Å²) < 4.78 is 9.50. The summed E-state index contributed by atoms with van der Waals surface area (Å²) in [5.41, 5.74) is 5.71. The number of aromatic amines is 1. The van der Waals surface area contributed by atoms with Gasteiger partial charge in [0.15, 0.2) is 0 Å². The van der Waals surface area contributed by atoms with Crippen molar-refractivity contribution in [1.82, 2.24) is 9.97 Å². The molecule has 1 heterocycles. The summed E-state index contributed by atoms with van der Waals surface area (Å²) in [4.78, 5) is 16.2. The molecule has 3 N–H and O–H groups in total. The zero-order chi connectivity index (χ0) is 8.85. The molecule has 0 fully saturated rings. The van der Waals surface area contributed by atoms with E-state index in [0.717, 1.165) is 5.56 Å². The first-order chi connectivity index (χ1) is 5.20. The van der Waals surface area contributed by atoms with Crippen molar-refractivity contribution in [3.63, 3.8) is 0 Å². The van der Waals surface area contributed by atoms with Crippen LogP contribution in [0.3, 0.4) is 0 Å². The third-order valence-corrected chi connectivity index (χ3v) is 1.04. The van der Waals surface area contributed by atoms with Gasteiger partial charge in [-0.3, -0.25) is 9.37 Å². The van der Waals surface area contributed by atoms with Crippen molar-refractivity contribution >= 4 is 5.82 Å².